The molecule has 2 aromatic heterocycles. The van der Waals surface area contributed by atoms with Gasteiger partial charge < -0.3 is 9.73 Å². The maximum atomic E-state index is 5.78. The highest BCUT2D eigenvalue weighted by atomic mass is 79.9. The van der Waals surface area contributed by atoms with E-state index < -0.39 is 0 Å². The van der Waals surface area contributed by atoms with E-state index in [2.05, 4.69) is 62.9 Å². The third-order valence-electron chi connectivity index (χ3n) is 2.47. The van der Waals surface area contributed by atoms with E-state index in [1.54, 1.807) is 17.5 Å². The molecular weight excluding hydrogens is 392 g/mol. The predicted octanol–water partition coefficient (Wildman–Crippen LogP) is 4.86. The summed E-state index contributed by atoms with van der Waals surface area (Å²) in [4.78, 5) is 4.32. The van der Waals surface area contributed by atoms with Gasteiger partial charge in [-0.15, -0.1) is 11.3 Å². The van der Waals surface area contributed by atoms with Crippen molar-refractivity contribution in [2.45, 2.75) is 32.7 Å². The molecule has 0 bridgehead atoms. The molecule has 19 heavy (non-hydrogen) atoms. The van der Waals surface area contributed by atoms with Gasteiger partial charge in [-0.3, -0.25) is 0 Å². The first-order valence-corrected chi connectivity index (χ1v) is 8.40. The summed E-state index contributed by atoms with van der Waals surface area (Å²) in [6, 6.07) is 2.03. The smallest absolute Gasteiger partial charge is 0.196 e. The first-order valence-electron chi connectivity index (χ1n) is 6.00. The molecule has 0 amide bonds. The zero-order valence-corrected chi connectivity index (χ0v) is 15.1. The lowest BCUT2D eigenvalue weighted by Crippen LogP contribution is -2.37. The largest absolute Gasteiger partial charge is 0.441 e. The second kappa shape index (κ2) is 6.08. The van der Waals surface area contributed by atoms with Crippen molar-refractivity contribution in [3.63, 3.8) is 0 Å². The second-order valence-electron chi connectivity index (χ2n) is 5.28. The van der Waals surface area contributed by atoms with Gasteiger partial charge in [0.25, 0.3) is 0 Å². The summed E-state index contributed by atoms with van der Waals surface area (Å²) in [5, 5.41) is 3.42. The maximum absolute atomic E-state index is 5.78. The molecule has 0 saturated carbocycles. The summed E-state index contributed by atoms with van der Waals surface area (Å²) in [7, 11) is 0. The van der Waals surface area contributed by atoms with Crippen LogP contribution in [0.4, 0.5) is 0 Å². The van der Waals surface area contributed by atoms with E-state index in [1.165, 1.54) is 0 Å². The summed E-state index contributed by atoms with van der Waals surface area (Å²) < 4.78 is 7.91. The molecule has 2 aromatic rings. The lowest BCUT2D eigenvalue weighted by Gasteiger charge is -2.19. The van der Waals surface area contributed by atoms with Gasteiger partial charge in [0.05, 0.1) is 13.8 Å². The molecule has 0 atom stereocenters. The molecule has 0 aliphatic carbocycles. The Hall–Kier alpha value is -0.170. The van der Waals surface area contributed by atoms with Crippen molar-refractivity contribution in [1.29, 1.82) is 0 Å². The monoisotopic (exact) mass is 406 g/mol. The number of oxazole rings is 1. The zero-order chi connectivity index (χ0) is 14.0. The molecule has 0 spiro atoms. The van der Waals surface area contributed by atoms with Crippen LogP contribution in [0.2, 0.25) is 0 Å². The molecule has 0 aliphatic heterocycles. The normalized spacial score (nSPS) is 12.1. The van der Waals surface area contributed by atoms with Gasteiger partial charge in [-0.2, -0.15) is 0 Å². The summed E-state index contributed by atoms with van der Waals surface area (Å²) >= 11 is 8.63. The van der Waals surface area contributed by atoms with Crippen molar-refractivity contribution in [3.05, 3.63) is 25.7 Å². The van der Waals surface area contributed by atoms with E-state index in [1.807, 2.05) is 6.07 Å². The number of rotatable bonds is 4. The van der Waals surface area contributed by atoms with Gasteiger partial charge in [0.1, 0.15) is 0 Å². The van der Waals surface area contributed by atoms with Crippen LogP contribution >= 0.6 is 43.2 Å². The Morgan fingerprint density at radius 3 is 2.68 bits per heavy atom. The van der Waals surface area contributed by atoms with Crippen molar-refractivity contribution in [2.24, 2.45) is 0 Å². The molecule has 1 N–H and O–H groups in total. The van der Waals surface area contributed by atoms with Crippen LogP contribution in [0.5, 0.6) is 0 Å². The molecule has 0 aromatic carbocycles. The summed E-state index contributed by atoms with van der Waals surface area (Å²) in [5.41, 5.74) is 1.16. The van der Waals surface area contributed by atoms with E-state index in [-0.39, 0.29) is 5.54 Å². The number of hydrogen-bond donors (Lipinski definition) is 1. The van der Waals surface area contributed by atoms with Gasteiger partial charge in [-0.25, -0.2) is 4.98 Å². The number of aromatic nitrogens is 1. The average Bonchev–Trinajstić information content (AvgIpc) is 2.83. The molecule has 0 saturated heterocycles. The molecule has 0 unspecified atom stereocenters. The molecule has 0 radical (unpaired) electrons. The van der Waals surface area contributed by atoms with Crippen molar-refractivity contribution in [3.8, 4) is 11.3 Å². The minimum absolute atomic E-state index is 0.122. The fourth-order valence-corrected chi connectivity index (χ4v) is 4.42. The van der Waals surface area contributed by atoms with Crippen molar-refractivity contribution in [2.75, 3.05) is 6.54 Å². The number of nitrogens with one attached hydrogen (secondary N) is 1. The Morgan fingerprint density at radius 2 is 2.11 bits per heavy atom. The van der Waals surface area contributed by atoms with Crippen molar-refractivity contribution < 1.29 is 4.42 Å². The third-order valence-corrected chi connectivity index (χ3v) is 4.81. The van der Waals surface area contributed by atoms with E-state index in [4.69, 9.17) is 4.42 Å². The molecule has 0 fully saturated rings. The highest BCUT2D eigenvalue weighted by Gasteiger charge is 2.13. The van der Waals surface area contributed by atoms with Crippen LogP contribution in [0.15, 0.2) is 24.3 Å². The van der Waals surface area contributed by atoms with Crippen LogP contribution < -0.4 is 5.32 Å². The molecule has 2 rings (SSSR count). The van der Waals surface area contributed by atoms with Gasteiger partial charge in [0, 0.05) is 24.1 Å². The fourth-order valence-electron chi connectivity index (χ4n) is 1.60. The zero-order valence-electron chi connectivity index (χ0n) is 11.1. The Labute approximate surface area is 134 Å². The molecule has 2 heterocycles. The Kier molecular flexibility index (Phi) is 4.87. The van der Waals surface area contributed by atoms with E-state index in [0.717, 1.165) is 37.8 Å². The molecule has 0 aliphatic rings. The lowest BCUT2D eigenvalue weighted by molar-refractivity contribution is 0.412. The number of hydrogen-bond acceptors (Lipinski definition) is 4. The van der Waals surface area contributed by atoms with Crippen molar-refractivity contribution in [1.82, 2.24) is 10.3 Å². The molecular formula is C13H16Br2N2OS. The minimum atomic E-state index is 0.122. The van der Waals surface area contributed by atoms with Gasteiger partial charge in [0.2, 0.25) is 0 Å². The maximum Gasteiger partial charge on any atom is 0.196 e. The van der Waals surface area contributed by atoms with Crippen LogP contribution in [-0.2, 0) is 6.42 Å². The second-order valence-corrected chi connectivity index (χ2v) is 9.03. The van der Waals surface area contributed by atoms with Crippen LogP contribution in [0.1, 0.15) is 26.7 Å². The summed E-state index contributed by atoms with van der Waals surface area (Å²) in [6.07, 6.45) is 2.58. The van der Waals surface area contributed by atoms with Crippen LogP contribution in [0, 0.1) is 0 Å². The SMILES string of the molecule is CC(C)(C)NCCc1ncc(-c2cc(Br)sc2Br)o1. The Balaban J connectivity index is 2.01. The number of nitrogens with zero attached hydrogens (tertiary/aromatic N) is 1. The molecule has 6 heteroatoms. The highest BCUT2D eigenvalue weighted by molar-refractivity contribution is 9.12. The Morgan fingerprint density at radius 1 is 1.37 bits per heavy atom. The number of halogens is 2. The molecule has 104 valence electrons. The topological polar surface area (TPSA) is 38.1 Å². The fraction of sp³-hybridized carbons (Fsp3) is 0.462. The van der Waals surface area contributed by atoms with Crippen LogP contribution in [-0.4, -0.2) is 17.1 Å². The third kappa shape index (κ3) is 4.41. The minimum Gasteiger partial charge on any atom is -0.441 e. The first-order chi connectivity index (χ1) is 8.85. The average molecular weight is 408 g/mol. The van der Waals surface area contributed by atoms with Gasteiger partial charge in [-0.1, -0.05) is 0 Å². The van der Waals surface area contributed by atoms with Gasteiger partial charge in [-0.05, 0) is 58.7 Å². The quantitative estimate of drug-likeness (QED) is 0.786. The standard InChI is InChI=1S/C13H16Br2N2OS/c1-13(2,3)17-5-4-11-16-7-9(18-11)8-6-10(14)19-12(8)15/h6-7,17H,4-5H2,1-3H3. The predicted molar refractivity (Wildman–Crippen MR) is 86.7 cm³/mol. The van der Waals surface area contributed by atoms with Gasteiger partial charge >= 0.3 is 0 Å². The van der Waals surface area contributed by atoms with Crippen LogP contribution in [0.3, 0.4) is 0 Å². The van der Waals surface area contributed by atoms with E-state index in [9.17, 15) is 0 Å². The van der Waals surface area contributed by atoms with E-state index >= 15 is 0 Å². The van der Waals surface area contributed by atoms with Crippen LogP contribution in [0.25, 0.3) is 11.3 Å². The number of thiophene rings is 1. The van der Waals surface area contributed by atoms with Gasteiger partial charge in [0.15, 0.2) is 11.7 Å². The summed E-state index contributed by atoms with van der Waals surface area (Å²) in [5.74, 6) is 1.57. The lowest BCUT2D eigenvalue weighted by atomic mass is 10.1. The molecule has 3 nitrogen and oxygen atoms in total. The van der Waals surface area contributed by atoms with E-state index in [0.29, 0.717) is 0 Å². The highest BCUT2D eigenvalue weighted by Crippen LogP contribution is 2.38. The summed E-state index contributed by atoms with van der Waals surface area (Å²) in [6.45, 7) is 7.30. The Bertz CT molecular complexity index is 557. The van der Waals surface area contributed by atoms with Crippen molar-refractivity contribution >= 4 is 43.2 Å². The first kappa shape index (κ1) is 15.2.